The molecule has 2 N–H and O–H groups in total. The summed E-state index contributed by atoms with van der Waals surface area (Å²) in [6.07, 6.45) is 4.48. The fourth-order valence-corrected chi connectivity index (χ4v) is 2.75. The van der Waals surface area contributed by atoms with E-state index in [9.17, 15) is 9.59 Å². The first-order valence-electron chi connectivity index (χ1n) is 9.44. The molecule has 2 amide bonds. The van der Waals surface area contributed by atoms with Crippen molar-refractivity contribution in [3.05, 3.63) is 77.7 Å². The lowest BCUT2D eigenvalue weighted by Crippen LogP contribution is -2.26. The summed E-state index contributed by atoms with van der Waals surface area (Å²) < 4.78 is 16.1. The number of carbonyl (C=O) groups is 2. The van der Waals surface area contributed by atoms with E-state index >= 15 is 0 Å². The van der Waals surface area contributed by atoms with Gasteiger partial charge in [-0.05, 0) is 60.7 Å². The number of amides is 2. The van der Waals surface area contributed by atoms with E-state index in [0.717, 1.165) is 0 Å². The van der Waals surface area contributed by atoms with Crippen LogP contribution in [0.25, 0.3) is 6.08 Å². The van der Waals surface area contributed by atoms with Crippen LogP contribution in [0.15, 0.2) is 71.4 Å². The van der Waals surface area contributed by atoms with Crippen LogP contribution in [0.2, 0.25) is 5.02 Å². The van der Waals surface area contributed by atoms with Gasteiger partial charge in [0.15, 0.2) is 5.75 Å². The number of rotatable bonds is 9. The van der Waals surface area contributed by atoms with Gasteiger partial charge in [-0.15, -0.1) is 0 Å². The summed E-state index contributed by atoms with van der Waals surface area (Å²) in [5.41, 5.74) is 0.428. The van der Waals surface area contributed by atoms with Gasteiger partial charge >= 0.3 is 0 Å². The summed E-state index contributed by atoms with van der Waals surface area (Å²) in [6, 6.07) is 15.4. The second-order valence-corrected chi connectivity index (χ2v) is 6.79. The number of nitrogens with one attached hydrogen (secondary N) is 2. The molecule has 0 saturated carbocycles. The predicted octanol–water partition coefficient (Wildman–Crippen LogP) is 4.89. The Hall–Kier alpha value is -3.71. The quantitative estimate of drug-likeness (QED) is 0.462. The molecule has 0 aliphatic carbocycles. The van der Waals surface area contributed by atoms with Crippen molar-refractivity contribution in [2.75, 3.05) is 19.0 Å². The first-order valence-corrected chi connectivity index (χ1v) is 9.82. The minimum Gasteiger partial charge on any atom is -0.497 e. The second-order valence-electron chi connectivity index (χ2n) is 6.36. The zero-order chi connectivity index (χ0) is 22.1. The van der Waals surface area contributed by atoms with E-state index in [2.05, 4.69) is 10.6 Å². The topological polar surface area (TPSA) is 89.8 Å². The molecule has 0 saturated heterocycles. The number of ether oxygens (including phenoxy) is 2. The van der Waals surface area contributed by atoms with Gasteiger partial charge < -0.3 is 24.5 Å². The van der Waals surface area contributed by atoms with Crippen LogP contribution in [0.5, 0.6) is 17.2 Å². The largest absolute Gasteiger partial charge is 0.497 e. The summed E-state index contributed by atoms with van der Waals surface area (Å²) in [7, 11) is 1.58. The van der Waals surface area contributed by atoms with Crippen molar-refractivity contribution in [3.63, 3.8) is 0 Å². The van der Waals surface area contributed by atoms with Gasteiger partial charge in [0.1, 0.15) is 17.3 Å². The van der Waals surface area contributed by atoms with Crippen LogP contribution < -0.4 is 20.1 Å². The molecule has 160 valence electrons. The minimum atomic E-state index is -0.324. The highest BCUT2D eigenvalue weighted by Crippen LogP contribution is 2.32. The maximum atomic E-state index is 12.3. The Morgan fingerprint density at radius 1 is 1.10 bits per heavy atom. The number of carbonyl (C=O) groups excluding carboxylic acids is 2. The van der Waals surface area contributed by atoms with Gasteiger partial charge in [-0.2, -0.15) is 0 Å². The lowest BCUT2D eigenvalue weighted by atomic mass is 10.2. The number of hydrogen-bond acceptors (Lipinski definition) is 5. The molecule has 7 nitrogen and oxygen atoms in total. The molecule has 0 aliphatic rings. The Morgan fingerprint density at radius 2 is 1.87 bits per heavy atom. The van der Waals surface area contributed by atoms with Gasteiger partial charge in [-0.1, -0.05) is 11.6 Å². The minimum absolute atomic E-state index is 0.0782. The molecule has 31 heavy (non-hydrogen) atoms. The van der Waals surface area contributed by atoms with Crippen molar-refractivity contribution in [1.82, 2.24) is 5.32 Å². The zero-order valence-corrected chi connectivity index (χ0v) is 17.5. The maximum Gasteiger partial charge on any atom is 0.244 e. The second kappa shape index (κ2) is 10.9. The van der Waals surface area contributed by atoms with E-state index < -0.39 is 0 Å². The Morgan fingerprint density at radius 3 is 2.58 bits per heavy atom. The Bertz CT molecular complexity index is 1050. The number of halogens is 1. The molecule has 1 aromatic heterocycles. The van der Waals surface area contributed by atoms with Crippen LogP contribution in [0.3, 0.4) is 0 Å². The summed E-state index contributed by atoms with van der Waals surface area (Å²) in [5.74, 6) is 1.67. The third kappa shape index (κ3) is 6.94. The molecule has 0 aliphatic heterocycles. The van der Waals surface area contributed by atoms with Crippen molar-refractivity contribution in [2.45, 2.75) is 6.42 Å². The van der Waals surface area contributed by atoms with Crippen molar-refractivity contribution in [2.24, 2.45) is 0 Å². The van der Waals surface area contributed by atoms with Crippen molar-refractivity contribution in [3.8, 4) is 17.2 Å². The fraction of sp³-hybridized carbons (Fsp3) is 0.130. The van der Waals surface area contributed by atoms with Crippen molar-refractivity contribution in [1.29, 1.82) is 0 Å². The highest BCUT2D eigenvalue weighted by Gasteiger charge is 2.11. The molecule has 0 fully saturated rings. The average molecular weight is 441 g/mol. The van der Waals surface area contributed by atoms with Crippen LogP contribution in [-0.4, -0.2) is 25.5 Å². The van der Waals surface area contributed by atoms with E-state index in [1.807, 2.05) is 0 Å². The molecular weight excluding hydrogens is 420 g/mol. The predicted molar refractivity (Wildman–Crippen MR) is 119 cm³/mol. The normalized spacial score (nSPS) is 10.6. The monoisotopic (exact) mass is 440 g/mol. The van der Waals surface area contributed by atoms with E-state index in [1.54, 1.807) is 67.8 Å². The van der Waals surface area contributed by atoms with Gasteiger partial charge in [0.2, 0.25) is 11.8 Å². The molecule has 0 bridgehead atoms. The molecule has 8 heteroatoms. The first kappa shape index (κ1) is 22.0. The van der Waals surface area contributed by atoms with E-state index in [1.165, 1.54) is 12.3 Å². The molecule has 0 radical (unpaired) electrons. The van der Waals surface area contributed by atoms with Crippen LogP contribution in [0, 0.1) is 0 Å². The summed E-state index contributed by atoms with van der Waals surface area (Å²) >= 11 is 6.07. The zero-order valence-electron chi connectivity index (χ0n) is 16.8. The molecule has 1 heterocycles. The van der Waals surface area contributed by atoms with E-state index in [0.29, 0.717) is 33.7 Å². The van der Waals surface area contributed by atoms with E-state index in [4.69, 9.17) is 25.5 Å². The first-order chi connectivity index (χ1) is 15.0. The van der Waals surface area contributed by atoms with Crippen LogP contribution in [0.4, 0.5) is 5.69 Å². The average Bonchev–Trinajstić information content (AvgIpc) is 3.28. The van der Waals surface area contributed by atoms with Crippen molar-refractivity contribution < 1.29 is 23.5 Å². The highest BCUT2D eigenvalue weighted by atomic mass is 35.5. The lowest BCUT2D eigenvalue weighted by molar-refractivity contribution is -0.117. The fourth-order valence-electron chi connectivity index (χ4n) is 2.57. The number of hydrogen-bond donors (Lipinski definition) is 2. The van der Waals surface area contributed by atoms with E-state index in [-0.39, 0.29) is 24.8 Å². The SMILES string of the molecule is COc1ccc(Oc2ccc(Cl)cc2NC(=O)CCNC(=O)/C=C/c2ccco2)cc1. The highest BCUT2D eigenvalue weighted by molar-refractivity contribution is 6.31. The third-order valence-corrected chi connectivity index (χ3v) is 4.33. The number of anilines is 1. The summed E-state index contributed by atoms with van der Waals surface area (Å²) in [5, 5.41) is 5.86. The van der Waals surface area contributed by atoms with Crippen LogP contribution in [-0.2, 0) is 9.59 Å². The van der Waals surface area contributed by atoms with Crippen LogP contribution >= 0.6 is 11.6 Å². The third-order valence-electron chi connectivity index (χ3n) is 4.10. The molecule has 2 aromatic carbocycles. The molecule has 0 spiro atoms. The smallest absolute Gasteiger partial charge is 0.244 e. The molecule has 3 rings (SSSR count). The maximum absolute atomic E-state index is 12.3. The Kier molecular flexibility index (Phi) is 7.73. The van der Waals surface area contributed by atoms with Gasteiger partial charge in [-0.25, -0.2) is 0 Å². The van der Waals surface area contributed by atoms with Gasteiger partial charge in [0.05, 0.1) is 19.1 Å². The van der Waals surface area contributed by atoms with Crippen LogP contribution in [0.1, 0.15) is 12.2 Å². The Labute approximate surface area is 184 Å². The summed E-state index contributed by atoms with van der Waals surface area (Å²) in [4.78, 5) is 24.1. The van der Waals surface area contributed by atoms with Gasteiger partial charge in [-0.3, -0.25) is 9.59 Å². The number of furan rings is 1. The molecule has 0 unspecified atom stereocenters. The van der Waals surface area contributed by atoms with Crippen molar-refractivity contribution >= 4 is 35.2 Å². The molecular formula is C23H21ClN2O5. The van der Waals surface area contributed by atoms with Gasteiger partial charge in [0, 0.05) is 24.1 Å². The standard InChI is InChI=1S/C23H21ClN2O5/c1-29-17-5-7-19(8-6-17)31-21-10-4-16(24)15-20(21)26-23(28)12-13-25-22(27)11-9-18-3-2-14-30-18/h2-11,14-15H,12-13H2,1H3,(H,25,27)(H,26,28)/b11-9+. The lowest BCUT2D eigenvalue weighted by Gasteiger charge is -2.13. The molecule has 3 aromatic rings. The summed E-state index contributed by atoms with van der Waals surface area (Å²) in [6.45, 7) is 0.169. The van der Waals surface area contributed by atoms with Gasteiger partial charge in [0.25, 0.3) is 0 Å². The number of methoxy groups -OCH3 is 1. The Balaban J connectivity index is 1.54. The molecule has 0 atom stereocenters. The number of benzene rings is 2.